The van der Waals surface area contributed by atoms with Gasteiger partial charge in [-0.05, 0) is 5.41 Å². The van der Waals surface area contributed by atoms with Gasteiger partial charge in [-0.2, -0.15) is 0 Å². The van der Waals surface area contributed by atoms with Crippen molar-refractivity contribution in [3.63, 3.8) is 0 Å². The average molecular weight is 267 g/mol. The molecule has 99 valence electrons. The van der Waals surface area contributed by atoms with E-state index in [1.165, 1.54) is 22.8 Å². The molecule has 19 heavy (non-hydrogen) atoms. The molecule has 0 saturated heterocycles. The van der Waals surface area contributed by atoms with E-state index < -0.39 is 8.80 Å². The smallest absolute Gasteiger partial charge is 0.0628 e. The summed E-state index contributed by atoms with van der Waals surface area (Å²) in [7, 11) is -0.633. The van der Waals surface area contributed by atoms with Crippen molar-refractivity contribution in [2.45, 2.75) is 33.2 Å². The Bertz CT molecular complexity index is 443. The van der Waals surface area contributed by atoms with Gasteiger partial charge < -0.3 is 0 Å². The minimum absolute atomic E-state index is 0.416. The molecule has 1 heteroatoms. The zero-order valence-electron chi connectivity index (χ0n) is 12.2. The summed E-state index contributed by atoms with van der Waals surface area (Å²) in [6.07, 6.45) is 1.28. The number of benzene rings is 2. The van der Waals surface area contributed by atoms with Crippen LogP contribution >= 0.6 is 0 Å². The van der Waals surface area contributed by atoms with Gasteiger partial charge in [-0.25, -0.2) is 0 Å². The van der Waals surface area contributed by atoms with Crippen molar-refractivity contribution in [1.29, 1.82) is 0 Å². The highest BCUT2D eigenvalue weighted by Crippen LogP contribution is 2.22. The quantitative estimate of drug-likeness (QED) is 0.741. The van der Waals surface area contributed by atoms with Gasteiger partial charge >= 0.3 is 0 Å². The molecule has 0 aliphatic heterocycles. The Morgan fingerprint density at radius 3 is 1.53 bits per heavy atom. The van der Waals surface area contributed by atoms with Crippen LogP contribution in [0.25, 0.3) is 0 Å². The zero-order valence-corrected chi connectivity index (χ0v) is 13.2. The van der Waals surface area contributed by atoms with Crippen LogP contribution in [0.2, 0.25) is 6.04 Å². The van der Waals surface area contributed by atoms with Gasteiger partial charge in [0.15, 0.2) is 0 Å². The lowest BCUT2D eigenvalue weighted by Crippen LogP contribution is -2.42. The summed E-state index contributed by atoms with van der Waals surface area (Å²) in [6, 6.07) is 23.4. The van der Waals surface area contributed by atoms with E-state index in [1.807, 2.05) is 0 Å². The number of hydrogen-bond acceptors (Lipinski definition) is 0. The molecule has 2 aromatic carbocycles. The first-order valence-electron chi connectivity index (χ1n) is 7.03. The molecule has 0 atom stereocenters. The first-order chi connectivity index (χ1) is 9.06. The molecule has 0 aliphatic rings. The zero-order chi connectivity index (χ0) is 13.7. The lowest BCUT2D eigenvalue weighted by Gasteiger charge is -2.22. The normalized spacial score (nSPS) is 11.8. The number of hydrogen-bond donors (Lipinski definition) is 0. The molecular formula is C18H23Si. The minimum Gasteiger partial charge on any atom is -0.0628 e. The van der Waals surface area contributed by atoms with Crippen molar-refractivity contribution in [3.05, 3.63) is 60.7 Å². The summed E-state index contributed by atoms with van der Waals surface area (Å²) in [5.74, 6) is 0. The second-order valence-corrected chi connectivity index (χ2v) is 8.88. The van der Waals surface area contributed by atoms with E-state index in [0.717, 1.165) is 0 Å². The van der Waals surface area contributed by atoms with Gasteiger partial charge in [0.1, 0.15) is 8.80 Å². The largest absolute Gasteiger partial charge is 0.121 e. The topological polar surface area (TPSA) is 0 Å². The molecule has 1 radical (unpaired) electrons. The minimum atomic E-state index is -0.633. The van der Waals surface area contributed by atoms with Crippen LogP contribution in [0.1, 0.15) is 27.2 Å². The van der Waals surface area contributed by atoms with Crippen molar-refractivity contribution in [3.8, 4) is 0 Å². The second-order valence-electron chi connectivity index (χ2n) is 6.27. The summed E-state index contributed by atoms with van der Waals surface area (Å²) >= 11 is 0. The van der Waals surface area contributed by atoms with Crippen LogP contribution in [0, 0.1) is 5.41 Å². The Balaban J connectivity index is 2.24. The Labute approximate surface area is 119 Å². The molecule has 0 aromatic heterocycles. The van der Waals surface area contributed by atoms with Gasteiger partial charge in [-0.15, -0.1) is 0 Å². The van der Waals surface area contributed by atoms with E-state index in [1.54, 1.807) is 0 Å². The van der Waals surface area contributed by atoms with Crippen LogP contribution in [0.5, 0.6) is 0 Å². The first-order valence-corrected chi connectivity index (χ1v) is 8.74. The van der Waals surface area contributed by atoms with Crippen LogP contribution in [0.4, 0.5) is 0 Å². The molecule has 2 aromatic rings. The number of rotatable bonds is 4. The maximum atomic E-state index is 2.34. The molecule has 0 aliphatic carbocycles. The molecule has 0 amide bonds. The second kappa shape index (κ2) is 6.20. The van der Waals surface area contributed by atoms with Crippen LogP contribution in [-0.2, 0) is 0 Å². The van der Waals surface area contributed by atoms with E-state index in [9.17, 15) is 0 Å². The summed E-state index contributed by atoms with van der Waals surface area (Å²) in [5.41, 5.74) is 0.416. The lowest BCUT2D eigenvalue weighted by molar-refractivity contribution is 0.397. The van der Waals surface area contributed by atoms with Crippen LogP contribution in [0.3, 0.4) is 0 Å². The molecule has 0 unspecified atom stereocenters. The van der Waals surface area contributed by atoms with E-state index in [4.69, 9.17) is 0 Å². The SMILES string of the molecule is CC(C)(C)CC[Si](c1ccccc1)c1ccccc1. The molecule has 0 bridgehead atoms. The maximum absolute atomic E-state index is 2.34. The molecule has 2 rings (SSSR count). The molecule has 0 heterocycles. The Kier molecular flexibility index (Phi) is 4.59. The summed E-state index contributed by atoms with van der Waals surface area (Å²) in [4.78, 5) is 0. The third-order valence-electron chi connectivity index (χ3n) is 3.37. The Morgan fingerprint density at radius 1 is 0.737 bits per heavy atom. The highest BCUT2D eigenvalue weighted by Gasteiger charge is 2.20. The van der Waals surface area contributed by atoms with E-state index >= 15 is 0 Å². The van der Waals surface area contributed by atoms with Gasteiger partial charge in [0.2, 0.25) is 0 Å². The van der Waals surface area contributed by atoms with Gasteiger partial charge in [-0.3, -0.25) is 0 Å². The highest BCUT2D eigenvalue weighted by atomic mass is 28.3. The maximum Gasteiger partial charge on any atom is 0.121 e. The fourth-order valence-corrected chi connectivity index (χ4v) is 5.33. The predicted molar refractivity (Wildman–Crippen MR) is 86.8 cm³/mol. The molecule has 0 N–H and O–H groups in total. The molecule has 0 spiro atoms. The average Bonchev–Trinajstić information content (AvgIpc) is 2.40. The predicted octanol–water partition coefficient (Wildman–Crippen LogP) is 3.73. The van der Waals surface area contributed by atoms with Gasteiger partial charge in [0.25, 0.3) is 0 Å². The fraction of sp³-hybridized carbons (Fsp3) is 0.333. The molecule has 0 saturated carbocycles. The van der Waals surface area contributed by atoms with Gasteiger partial charge in [0, 0.05) is 0 Å². The van der Waals surface area contributed by atoms with Crippen LogP contribution in [-0.4, -0.2) is 8.80 Å². The Morgan fingerprint density at radius 2 is 1.16 bits per heavy atom. The molecule has 0 fully saturated rings. The van der Waals surface area contributed by atoms with E-state index in [0.29, 0.717) is 5.41 Å². The van der Waals surface area contributed by atoms with Crippen molar-refractivity contribution in [2.24, 2.45) is 5.41 Å². The molecular weight excluding hydrogens is 244 g/mol. The van der Waals surface area contributed by atoms with E-state index in [-0.39, 0.29) is 0 Å². The van der Waals surface area contributed by atoms with Crippen molar-refractivity contribution in [2.75, 3.05) is 0 Å². The van der Waals surface area contributed by atoms with Gasteiger partial charge in [-0.1, -0.05) is 104 Å². The van der Waals surface area contributed by atoms with Crippen molar-refractivity contribution in [1.82, 2.24) is 0 Å². The summed E-state index contributed by atoms with van der Waals surface area (Å²) in [5, 5.41) is 3.06. The summed E-state index contributed by atoms with van der Waals surface area (Å²) < 4.78 is 0. The van der Waals surface area contributed by atoms with Gasteiger partial charge in [0.05, 0.1) is 0 Å². The highest BCUT2D eigenvalue weighted by molar-refractivity contribution is 6.85. The van der Waals surface area contributed by atoms with Crippen molar-refractivity contribution < 1.29 is 0 Å². The fourth-order valence-electron chi connectivity index (χ4n) is 2.23. The summed E-state index contributed by atoms with van der Waals surface area (Å²) in [6.45, 7) is 7.01. The van der Waals surface area contributed by atoms with E-state index in [2.05, 4.69) is 81.4 Å². The lowest BCUT2D eigenvalue weighted by atomic mass is 9.94. The third kappa shape index (κ3) is 4.36. The van der Waals surface area contributed by atoms with Crippen LogP contribution in [0.15, 0.2) is 60.7 Å². The third-order valence-corrected chi connectivity index (χ3v) is 6.18. The first kappa shape index (κ1) is 14.1. The van der Waals surface area contributed by atoms with Crippen LogP contribution < -0.4 is 10.4 Å². The standard InChI is InChI=1S/C18H23Si/c1-18(2,3)14-15-19(16-10-6-4-7-11-16)17-12-8-5-9-13-17/h4-13H,14-15H2,1-3H3. The monoisotopic (exact) mass is 267 g/mol. The van der Waals surface area contributed by atoms with Crippen molar-refractivity contribution >= 4 is 19.2 Å². The molecule has 0 nitrogen and oxygen atoms in total. The Hall–Kier alpha value is -1.34.